The average Bonchev–Trinajstić information content (AvgIpc) is 2.65. The normalized spacial score (nSPS) is 13.2. The molecule has 0 radical (unpaired) electrons. The molecule has 0 saturated carbocycles. The highest BCUT2D eigenvalue weighted by molar-refractivity contribution is 8.05. The van der Waals surface area contributed by atoms with Crippen LogP contribution in [0.5, 0.6) is 0 Å². The van der Waals surface area contributed by atoms with Crippen molar-refractivity contribution in [1.29, 1.82) is 0 Å². The molecule has 122 valence electrons. The minimum Gasteiger partial charge on any atom is -0.255 e. The van der Waals surface area contributed by atoms with Gasteiger partial charge in [-0.1, -0.05) is 73.8 Å². The highest BCUT2D eigenvalue weighted by Gasteiger charge is 2.26. The van der Waals surface area contributed by atoms with Crippen molar-refractivity contribution >= 4 is 45.3 Å². The third-order valence-electron chi connectivity index (χ3n) is 4.48. The number of hydrogen-bond donors (Lipinski definition) is 0. The molecule has 4 aromatic rings. The molecule has 2 aromatic heterocycles. The van der Waals surface area contributed by atoms with Crippen molar-refractivity contribution in [2.24, 2.45) is 0 Å². The molecule has 2 nitrogen and oxygen atoms in total. The van der Waals surface area contributed by atoms with Crippen molar-refractivity contribution in [3.05, 3.63) is 60.4 Å². The standard InChI is InChI=1S/C21H16N2S2/c1-12(2)18-21-20(14-8-4-6-10-16(14)23-18)24-17-11-22-15-9-5-3-7-13(15)19(17)25-21/h3-12H,1-2H3. The zero-order valence-corrected chi connectivity index (χ0v) is 15.6. The summed E-state index contributed by atoms with van der Waals surface area (Å²) in [6, 6.07) is 16.8. The highest BCUT2D eigenvalue weighted by Crippen LogP contribution is 2.54. The molecular formula is C21H16N2S2. The molecule has 0 aliphatic carbocycles. The number of para-hydroxylation sites is 2. The van der Waals surface area contributed by atoms with Crippen LogP contribution in [0.4, 0.5) is 0 Å². The van der Waals surface area contributed by atoms with Gasteiger partial charge in [0.25, 0.3) is 0 Å². The monoisotopic (exact) mass is 360 g/mol. The van der Waals surface area contributed by atoms with Crippen LogP contribution in [0.15, 0.2) is 74.3 Å². The summed E-state index contributed by atoms with van der Waals surface area (Å²) in [6.07, 6.45) is 2.02. The van der Waals surface area contributed by atoms with Crippen LogP contribution in [-0.4, -0.2) is 9.97 Å². The molecule has 0 spiro atoms. The fourth-order valence-corrected chi connectivity index (χ4v) is 6.00. The van der Waals surface area contributed by atoms with Gasteiger partial charge in [0, 0.05) is 36.6 Å². The second-order valence-electron chi connectivity index (χ2n) is 6.50. The van der Waals surface area contributed by atoms with Crippen LogP contribution in [0.3, 0.4) is 0 Å². The minimum atomic E-state index is 0.390. The van der Waals surface area contributed by atoms with Gasteiger partial charge in [-0.15, -0.1) is 0 Å². The molecular weight excluding hydrogens is 344 g/mol. The van der Waals surface area contributed by atoms with E-state index in [1.165, 1.54) is 36.0 Å². The second kappa shape index (κ2) is 5.75. The van der Waals surface area contributed by atoms with Gasteiger partial charge in [0.05, 0.1) is 16.7 Å². The lowest BCUT2D eigenvalue weighted by molar-refractivity contribution is 0.791. The zero-order chi connectivity index (χ0) is 17.0. The zero-order valence-electron chi connectivity index (χ0n) is 14.0. The molecule has 0 atom stereocenters. The SMILES string of the molecule is CC(C)c1nc2ccccc2c2c1Sc1c(cnc3ccccc13)S2. The number of aromatic nitrogens is 2. The first-order valence-corrected chi connectivity index (χ1v) is 10.0. The van der Waals surface area contributed by atoms with E-state index in [0.717, 1.165) is 11.0 Å². The Kier molecular flexibility index (Phi) is 3.50. The fourth-order valence-electron chi connectivity index (χ4n) is 3.26. The van der Waals surface area contributed by atoms with Gasteiger partial charge >= 0.3 is 0 Å². The Morgan fingerprint density at radius 2 is 1.44 bits per heavy atom. The molecule has 0 N–H and O–H groups in total. The van der Waals surface area contributed by atoms with Gasteiger partial charge in [-0.05, 0) is 18.1 Å². The van der Waals surface area contributed by atoms with Gasteiger partial charge in [-0.25, -0.2) is 0 Å². The van der Waals surface area contributed by atoms with Crippen LogP contribution in [0.2, 0.25) is 0 Å². The van der Waals surface area contributed by atoms with Crippen LogP contribution in [0.25, 0.3) is 21.8 Å². The summed E-state index contributed by atoms with van der Waals surface area (Å²) < 4.78 is 0. The maximum Gasteiger partial charge on any atom is 0.0717 e. The molecule has 0 bridgehead atoms. The van der Waals surface area contributed by atoms with E-state index in [0.29, 0.717) is 5.92 Å². The van der Waals surface area contributed by atoms with E-state index in [-0.39, 0.29) is 0 Å². The summed E-state index contributed by atoms with van der Waals surface area (Å²) >= 11 is 3.69. The quantitative estimate of drug-likeness (QED) is 0.340. The van der Waals surface area contributed by atoms with Crippen LogP contribution >= 0.6 is 23.5 Å². The fraction of sp³-hybridized carbons (Fsp3) is 0.143. The van der Waals surface area contributed by atoms with E-state index in [4.69, 9.17) is 4.98 Å². The Morgan fingerprint density at radius 1 is 0.760 bits per heavy atom. The lowest BCUT2D eigenvalue weighted by Crippen LogP contribution is -2.02. The average molecular weight is 361 g/mol. The molecule has 5 rings (SSSR count). The van der Waals surface area contributed by atoms with Gasteiger partial charge in [0.15, 0.2) is 0 Å². The van der Waals surface area contributed by atoms with Gasteiger partial charge < -0.3 is 0 Å². The molecule has 4 heteroatoms. The topological polar surface area (TPSA) is 25.8 Å². The maximum atomic E-state index is 4.99. The van der Waals surface area contributed by atoms with E-state index < -0.39 is 0 Å². The third-order valence-corrected chi connectivity index (χ3v) is 7.16. The molecule has 3 heterocycles. The van der Waals surface area contributed by atoms with Gasteiger partial charge in [-0.3, -0.25) is 9.97 Å². The van der Waals surface area contributed by atoms with E-state index >= 15 is 0 Å². The molecule has 25 heavy (non-hydrogen) atoms. The van der Waals surface area contributed by atoms with E-state index in [1.807, 2.05) is 35.8 Å². The van der Waals surface area contributed by atoms with Crippen LogP contribution < -0.4 is 0 Å². The predicted molar refractivity (Wildman–Crippen MR) is 106 cm³/mol. The van der Waals surface area contributed by atoms with Crippen molar-refractivity contribution in [2.45, 2.75) is 39.3 Å². The number of benzene rings is 2. The molecule has 0 amide bonds. The number of nitrogens with zero attached hydrogens (tertiary/aromatic N) is 2. The number of hydrogen-bond acceptors (Lipinski definition) is 4. The Hall–Kier alpha value is -2.04. The Morgan fingerprint density at radius 3 is 2.20 bits per heavy atom. The van der Waals surface area contributed by atoms with E-state index in [9.17, 15) is 0 Å². The summed E-state index contributed by atoms with van der Waals surface area (Å²) in [6.45, 7) is 4.45. The van der Waals surface area contributed by atoms with Crippen molar-refractivity contribution in [1.82, 2.24) is 9.97 Å². The molecule has 0 saturated heterocycles. The van der Waals surface area contributed by atoms with Crippen molar-refractivity contribution in [3.8, 4) is 0 Å². The molecule has 1 aliphatic heterocycles. The summed E-state index contributed by atoms with van der Waals surface area (Å²) in [7, 11) is 0. The Labute approximate surface area is 155 Å². The predicted octanol–water partition coefficient (Wildman–Crippen LogP) is 6.52. The van der Waals surface area contributed by atoms with Gasteiger partial charge in [-0.2, -0.15) is 0 Å². The molecule has 2 aromatic carbocycles. The Bertz CT molecular complexity index is 1140. The first-order valence-electron chi connectivity index (χ1n) is 8.38. The largest absolute Gasteiger partial charge is 0.255 e. The van der Waals surface area contributed by atoms with Crippen LogP contribution in [0, 0.1) is 0 Å². The first kappa shape index (κ1) is 15.2. The summed E-state index contributed by atoms with van der Waals surface area (Å²) in [5.74, 6) is 0.390. The number of pyridine rings is 2. The van der Waals surface area contributed by atoms with Crippen molar-refractivity contribution in [2.75, 3.05) is 0 Å². The highest BCUT2D eigenvalue weighted by atomic mass is 32.2. The molecule has 0 fully saturated rings. The maximum absolute atomic E-state index is 4.99. The van der Waals surface area contributed by atoms with E-state index in [2.05, 4.69) is 61.3 Å². The molecule has 0 unspecified atom stereocenters. The van der Waals surface area contributed by atoms with Gasteiger partial charge in [0.2, 0.25) is 0 Å². The second-order valence-corrected chi connectivity index (χ2v) is 8.57. The molecule has 1 aliphatic rings. The van der Waals surface area contributed by atoms with E-state index in [1.54, 1.807) is 0 Å². The minimum absolute atomic E-state index is 0.390. The summed E-state index contributed by atoms with van der Waals surface area (Å²) in [4.78, 5) is 14.8. The number of rotatable bonds is 1. The summed E-state index contributed by atoms with van der Waals surface area (Å²) in [5, 5.41) is 2.46. The lowest BCUT2D eigenvalue weighted by Gasteiger charge is -2.24. The summed E-state index contributed by atoms with van der Waals surface area (Å²) in [5.41, 5.74) is 3.32. The lowest BCUT2D eigenvalue weighted by atomic mass is 10.1. The van der Waals surface area contributed by atoms with Crippen LogP contribution in [0.1, 0.15) is 25.5 Å². The van der Waals surface area contributed by atoms with Crippen molar-refractivity contribution < 1.29 is 0 Å². The number of fused-ring (bicyclic) bond motifs is 6. The van der Waals surface area contributed by atoms with Crippen LogP contribution in [-0.2, 0) is 0 Å². The Balaban J connectivity index is 1.82. The van der Waals surface area contributed by atoms with Gasteiger partial charge in [0.1, 0.15) is 0 Å². The first-order chi connectivity index (χ1) is 12.2. The van der Waals surface area contributed by atoms with Crippen molar-refractivity contribution in [3.63, 3.8) is 0 Å². The smallest absolute Gasteiger partial charge is 0.0717 e. The third kappa shape index (κ3) is 2.35.